The first kappa shape index (κ1) is 13.7. The minimum absolute atomic E-state index is 0.0560. The zero-order chi connectivity index (χ0) is 13.9. The Labute approximate surface area is 98.8 Å². The fourth-order valence-corrected chi connectivity index (χ4v) is 1.19. The second-order valence-corrected chi connectivity index (χ2v) is 3.19. The highest BCUT2D eigenvalue weighted by atomic mass is 19.4. The van der Waals surface area contributed by atoms with Crippen molar-refractivity contribution in [3.05, 3.63) is 27.4 Å². The predicted octanol–water partition coefficient (Wildman–Crippen LogP) is 2.26. The zero-order valence-corrected chi connectivity index (χ0v) is 8.98. The highest BCUT2D eigenvalue weighted by molar-refractivity contribution is 5.43. The highest BCUT2D eigenvalue weighted by Crippen LogP contribution is 2.30. The number of pyridine rings is 1. The summed E-state index contributed by atoms with van der Waals surface area (Å²) < 4.78 is 39.9. The molecule has 0 radical (unpaired) electrons. The molecule has 0 aliphatic heterocycles. The van der Waals surface area contributed by atoms with E-state index in [2.05, 4.69) is 9.72 Å². The molecule has 96 valence electrons. The van der Waals surface area contributed by atoms with Gasteiger partial charge >= 0.3 is 12.2 Å². The van der Waals surface area contributed by atoms with Crippen LogP contribution in [-0.4, -0.2) is 16.3 Å². The lowest BCUT2D eigenvalue weighted by Crippen LogP contribution is -2.18. The standard InChI is InChI=1S/C9H6F3N3O3/c1-5-6(2-3-13)14-8(15(16)17)4-7(5)18-9(10,11)12/h4H,2H2,1H3. The van der Waals surface area contributed by atoms with E-state index in [1.165, 1.54) is 6.92 Å². The first-order valence-electron chi connectivity index (χ1n) is 4.52. The van der Waals surface area contributed by atoms with Gasteiger partial charge in [0.25, 0.3) is 0 Å². The zero-order valence-electron chi connectivity index (χ0n) is 8.98. The Kier molecular flexibility index (Phi) is 3.70. The molecular formula is C9H6F3N3O3. The number of ether oxygens (including phenoxy) is 1. The molecule has 1 aromatic heterocycles. The molecule has 0 bridgehead atoms. The molecule has 6 nitrogen and oxygen atoms in total. The molecule has 0 aliphatic rings. The van der Waals surface area contributed by atoms with Gasteiger partial charge in [-0.1, -0.05) is 0 Å². The molecule has 0 saturated carbocycles. The predicted molar refractivity (Wildman–Crippen MR) is 51.6 cm³/mol. The Hall–Kier alpha value is -2.37. The van der Waals surface area contributed by atoms with Crippen molar-refractivity contribution >= 4 is 5.82 Å². The number of aromatic nitrogens is 1. The van der Waals surface area contributed by atoms with Gasteiger partial charge in [0, 0.05) is 5.56 Å². The van der Waals surface area contributed by atoms with E-state index in [0.29, 0.717) is 6.07 Å². The first-order chi connectivity index (χ1) is 8.24. The van der Waals surface area contributed by atoms with Gasteiger partial charge in [-0.25, -0.2) is 0 Å². The van der Waals surface area contributed by atoms with Gasteiger partial charge in [0.2, 0.25) is 0 Å². The normalized spacial score (nSPS) is 10.8. The minimum Gasteiger partial charge on any atom is -0.405 e. The van der Waals surface area contributed by atoms with Gasteiger partial charge in [-0.15, -0.1) is 13.2 Å². The summed E-state index contributed by atoms with van der Waals surface area (Å²) in [5.41, 5.74) is -0.176. The summed E-state index contributed by atoms with van der Waals surface area (Å²) in [5.74, 6) is -1.53. The summed E-state index contributed by atoms with van der Waals surface area (Å²) in [6, 6.07) is 2.23. The fraction of sp³-hybridized carbons (Fsp3) is 0.333. The van der Waals surface area contributed by atoms with Gasteiger partial charge in [-0.3, -0.25) is 0 Å². The summed E-state index contributed by atoms with van der Waals surface area (Å²) in [4.78, 5) is 13.0. The number of hydrogen-bond donors (Lipinski definition) is 0. The van der Waals surface area contributed by atoms with Gasteiger partial charge < -0.3 is 14.9 Å². The maximum atomic E-state index is 12.1. The summed E-state index contributed by atoms with van der Waals surface area (Å²) in [6.07, 6.45) is -5.31. The molecule has 9 heteroatoms. The third-order valence-electron chi connectivity index (χ3n) is 1.97. The average molecular weight is 261 g/mol. The lowest BCUT2D eigenvalue weighted by molar-refractivity contribution is -0.389. The SMILES string of the molecule is Cc1c(OC(F)(F)F)cc([N+](=O)[O-])nc1CC#N. The lowest BCUT2D eigenvalue weighted by Gasteiger charge is -2.11. The van der Waals surface area contributed by atoms with Crippen LogP contribution in [0.25, 0.3) is 0 Å². The molecule has 0 aliphatic carbocycles. The van der Waals surface area contributed by atoms with Crippen LogP contribution in [0.1, 0.15) is 11.3 Å². The molecule has 0 N–H and O–H groups in total. The van der Waals surface area contributed by atoms with E-state index in [1.807, 2.05) is 0 Å². The van der Waals surface area contributed by atoms with Crippen LogP contribution in [0.15, 0.2) is 6.07 Å². The topological polar surface area (TPSA) is 89.1 Å². The van der Waals surface area contributed by atoms with E-state index in [1.54, 1.807) is 6.07 Å². The molecule has 1 heterocycles. The van der Waals surface area contributed by atoms with Crippen molar-refractivity contribution in [2.45, 2.75) is 19.7 Å². The van der Waals surface area contributed by atoms with Crippen molar-refractivity contribution in [1.29, 1.82) is 5.26 Å². The van der Waals surface area contributed by atoms with Gasteiger partial charge in [0.1, 0.15) is 12.2 Å². The quantitative estimate of drug-likeness (QED) is 0.615. The van der Waals surface area contributed by atoms with Crippen LogP contribution < -0.4 is 4.74 Å². The van der Waals surface area contributed by atoms with Crippen molar-refractivity contribution in [3.8, 4) is 11.8 Å². The number of nitriles is 1. The average Bonchev–Trinajstić information content (AvgIpc) is 2.21. The highest BCUT2D eigenvalue weighted by Gasteiger charge is 2.33. The van der Waals surface area contributed by atoms with E-state index in [0.717, 1.165) is 0 Å². The maximum Gasteiger partial charge on any atom is 0.573 e. The van der Waals surface area contributed by atoms with Gasteiger partial charge in [0.15, 0.2) is 5.69 Å². The van der Waals surface area contributed by atoms with E-state index >= 15 is 0 Å². The number of alkyl halides is 3. The Morgan fingerprint density at radius 1 is 1.61 bits per heavy atom. The van der Waals surface area contributed by atoms with Crippen molar-refractivity contribution in [1.82, 2.24) is 4.98 Å². The van der Waals surface area contributed by atoms with Crippen LogP contribution >= 0.6 is 0 Å². The van der Waals surface area contributed by atoms with Crippen LogP contribution in [0.5, 0.6) is 5.75 Å². The lowest BCUT2D eigenvalue weighted by atomic mass is 10.1. The molecule has 1 rings (SSSR count). The van der Waals surface area contributed by atoms with E-state index in [9.17, 15) is 23.3 Å². The third-order valence-corrected chi connectivity index (χ3v) is 1.97. The van der Waals surface area contributed by atoms with Crippen molar-refractivity contribution in [2.75, 3.05) is 0 Å². The summed E-state index contributed by atoms with van der Waals surface area (Å²) in [7, 11) is 0. The fourth-order valence-electron chi connectivity index (χ4n) is 1.19. The Balaban J connectivity index is 3.32. The Bertz CT molecular complexity index is 522. The van der Waals surface area contributed by atoms with Crippen molar-refractivity contribution < 1.29 is 22.8 Å². The van der Waals surface area contributed by atoms with Gasteiger partial charge in [0.05, 0.1) is 12.1 Å². The number of nitrogens with zero attached hydrogens (tertiary/aromatic N) is 3. The van der Waals surface area contributed by atoms with Crippen molar-refractivity contribution in [3.63, 3.8) is 0 Å². The summed E-state index contributed by atoms with van der Waals surface area (Å²) >= 11 is 0. The molecule has 0 aromatic carbocycles. The number of nitro groups is 1. The molecule has 0 amide bonds. The van der Waals surface area contributed by atoms with Crippen LogP contribution in [0.3, 0.4) is 0 Å². The number of rotatable bonds is 3. The second kappa shape index (κ2) is 4.87. The van der Waals surface area contributed by atoms with Crippen LogP contribution in [0.2, 0.25) is 0 Å². The molecule has 0 saturated heterocycles. The molecule has 0 spiro atoms. The molecule has 1 aromatic rings. The number of hydrogen-bond acceptors (Lipinski definition) is 5. The Morgan fingerprint density at radius 2 is 2.22 bits per heavy atom. The van der Waals surface area contributed by atoms with E-state index in [4.69, 9.17) is 5.26 Å². The molecular weight excluding hydrogens is 255 g/mol. The minimum atomic E-state index is -4.97. The third kappa shape index (κ3) is 3.31. The van der Waals surface area contributed by atoms with Crippen LogP contribution in [0, 0.1) is 28.4 Å². The maximum absolute atomic E-state index is 12.1. The monoisotopic (exact) mass is 261 g/mol. The summed E-state index contributed by atoms with van der Waals surface area (Å²) in [5, 5.41) is 19.0. The number of halogens is 3. The smallest absolute Gasteiger partial charge is 0.405 e. The van der Waals surface area contributed by atoms with E-state index in [-0.39, 0.29) is 17.7 Å². The largest absolute Gasteiger partial charge is 0.573 e. The van der Waals surface area contributed by atoms with Gasteiger partial charge in [-0.05, 0) is 16.8 Å². The van der Waals surface area contributed by atoms with Gasteiger partial charge in [-0.2, -0.15) is 5.26 Å². The summed E-state index contributed by atoms with van der Waals surface area (Å²) in [6.45, 7) is 1.24. The first-order valence-corrected chi connectivity index (χ1v) is 4.52. The molecule has 0 atom stereocenters. The molecule has 18 heavy (non-hydrogen) atoms. The molecule has 0 fully saturated rings. The van der Waals surface area contributed by atoms with E-state index < -0.39 is 22.9 Å². The second-order valence-electron chi connectivity index (χ2n) is 3.19. The van der Waals surface area contributed by atoms with Crippen LogP contribution in [0.4, 0.5) is 19.0 Å². The van der Waals surface area contributed by atoms with Crippen molar-refractivity contribution in [2.24, 2.45) is 0 Å². The Morgan fingerprint density at radius 3 is 2.67 bits per heavy atom. The van der Waals surface area contributed by atoms with Crippen LogP contribution in [-0.2, 0) is 6.42 Å². The molecule has 0 unspecified atom stereocenters.